The molecule has 0 saturated carbocycles. The number of carbonyl (C=O) groups excluding carboxylic acids is 1. The van der Waals surface area contributed by atoms with Gasteiger partial charge in [0, 0.05) is 19.2 Å². The van der Waals surface area contributed by atoms with Crippen LogP contribution in [-0.4, -0.2) is 49.6 Å². The number of sulfonamides is 1. The van der Waals surface area contributed by atoms with Crippen LogP contribution < -0.4 is 4.72 Å². The molecular weight excluding hydrogens is 402 g/mol. The average Bonchev–Trinajstić information content (AvgIpc) is 2.70. The van der Waals surface area contributed by atoms with Crippen molar-refractivity contribution < 1.29 is 28.1 Å². The van der Waals surface area contributed by atoms with Crippen molar-refractivity contribution in [2.75, 3.05) is 14.2 Å². The second-order valence-electron chi connectivity index (χ2n) is 6.23. The number of nitrogens with one attached hydrogen (secondary N) is 1. The Morgan fingerprint density at radius 1 is 1.24 bits per heavy atom. The standard InChI is InChI=1S/C18H21N3O7S/c1-12-7-9-15(10-8-12)29(26,27)19-16(18(23)20(2)28-3)17(22)13-5-4-6-14(11-13)21(24)25/h4-11,16-17,19,22H,1-3H3/t16-,17+/m0/s1. The van der Waals surface area contributed by atoms with Gasteiger partial charge in [0.05, 0.1) is 16.9 Å². The van der Waals surface area contributed by atoms with Gasteiger partial charge in [-0.05, 0) is 24.6 Å². The van der Waals surface area contributed by atoms with E-state index in [1.807, 2.05) is 0 Å². The number of aliphatic hydroxyl groups is 1. The number of non-ortho nitro benzene ring substituents is 1. The lowest BCUT2D eigenvalue weighted by Crippen LogP contribution is -2.50. The maximum atomic E-state index is 12.7. The Hall–Kier alpha value is -2.86. The number of hydrogen-bond donors (Lipinski definition) is 2. The number of amides is 1. The summed E-state index contributed by atoms with van der Waals surface area (Å²) in [6, 6.07) is 9.17. The monoisotopic (exact) mass is 423 g/mol. The van der Waals surface area contributed by atoms with Crippen molar-refractivity contribution in [3.8, 4) is 0 Å². The zero-order valence-electron chi connectivity index (χ0n) is 16.0. The van der Waals surface area contributed by atoms with Crippen LogP contribution in [0.5, 0.6) is 0 Å². The van der Waals surface area contributed by atoms with E-state index in [0.29, 0.717) is 0 Å². The van der Waals surface area contributed by atoms with E-state index in [-0.39, 0.29) is 16.1 Å². The van der Waals surface area contributed by atoms with Gasteiger partial charge in [0.1, 0.15) is 12.1 Å². The highest BCUT2D eigenvalue weighted by molar-refractivity contribution is 7.89. The molecule has 0 heterocycles. The molecule has 29 heavy (non-hydrogen) atoms. The number of hydroxylamine groups is 2. The number of rotatable bonds is 8. The topological polar surface area (TPSA) is 139 Å². The third kappa shape index (κ3) is 5.35. The summed E-state index contributed by atoms with van der Waals surface area (Å²) >= 11 is 0. The molecule has 11 heteroatoms. The minimum absolute atomic E-state index is 0.00587. The lowest BCUT2D eigenvalue weighted by molar-refractivity contribution is -0.385. The van der Waals surface area contributed by atoms with Gasteiger partial charge in [0.15, 0.2) is 0 Å². The molecule has 0 radical (unpaired) electrons. The summed E-state index contributed by atoms with van der Waals surface area (Å²) in [6.45, 7) is 1.79. The van der Waals surface area contributed by atoms with Crippen molar-refractivity contribution in [1.82, 2.24) is 9.79 Å². The Labute approximate surface area is 167 Å². The molecule has 0 aliphatic rings. The number of benzene rings is 2. The molecule has 0 saturated heterocycles. The molecule has 2 aromatic rings. The van der Waals surface area contributed by atoms with Crippen molar-refractivity contribution in [1.29, 1.82) is 0 Å². The highest BCUT2D eigenvalue weighted by Gasteiger charge is 2.35. The average molecular weight is 423 g/mol. The maximum Gasteiger partial charge on any atom is 0.269 e. The molecule has 0 aromatic heterocycles. The van der Waals surface area contributed by atoms with E-state index in [4.69, 9.17) is 4.84 Å². The number of carbonyl (C=O) groups is 1. The fraction of sp³-hybridized carbons (Fsp3) is 0.278. The van der Waals surface area contributed by atoms with Gasteiger partial charge in [-0.25, -0.2) is 13.5 Å². The minimum atomic E-state index is -4.19. The molecule has 2 aromatic carbocycles. The van der Waals surface area contributed by atoms with Crippen LogP contribution >= 0.6 is 0 Å². The Morgan fingerprint density at radius 3 is 2.41 bits per heavy atom. The van der Waals surface area contributed by atoms with E-state index < -0.39 is 33.0 Å². The summed E-state index contributed by atoms with van der Waals surface area (Å²) in [7, 11) is -1.75. The lowest BCUT2D eigenvalue weighted by Gasteiger charge is -2.26. The molecular formula is C18H21N3O7S. The van der Waals surface area contributed by atoms with Gasteiger partial charge in [-0.2, -0.15) is 4.72 Å². The summed E-state index contributed by atoms with van der Waals surface area (Å²) in [5.74, 6) is -0.887. The zero-order chi connectivity index (χ0) is 21.8. The quantitative estimate of drug-likeness (QED) is 0.482. The molecule has 2 N–H and O–H groups in total. The summed E-state index contributed by atoms with van der Waals surface area (Å²) in [5, 5.41) is 22.4. The number of nitro benzene ring substituents is 1. The molecule has 0 aliphatic carbocycles. The van der Waals surface area contributed by atoms with Crippen LogP contribution in [0, 0.1) is 17.0 Å². The fourth-order valence-corrected chi connectivity index (χ4v) is 3.70. The van der Waals surface area contributed by atoms with Crippen LogP contribution in [-0.2, 0) is 19.7 Å². The van der Waals surface area contributed by atoms with Gasteiger partial charge >= 0.3 is 0 Å². The van der Waals surface area contributed by atoms with Gasteiger partial charge in [0.2, 0.25) is 10.0 Å². The van der Waals surface area contributed by atoms with Crippen LogP contribution in [0.3, 0.4) is 0 Å². The van der Waals surface area contributed by atoms with E-state index in [1.54, 1.807) is 19.1 Å². The maximum absolute atomic E-state index is 12.7. The van der Waals surface area contributed by atoms with E-state index in [0.717, 1.165) is 16.7 Å². The molecule has 0 fully saturated rings. The molecule has 10 nitrogen and oxygen atoms in total. The second kappa shape index (κ2) is 9.09. The van der Waals surface area contributed by atoms with Crippen molar-refractivity contribution in [2.45, 2.75) is 24.0 Å². The Kier molecular flexibility index (Phi) is 7.03. The molecule has 0 spiro atoms. The summed E-state index contributed by atoms with van der Waals surface area (Å²) < 4.78 is 27.6. The normalized spacial score (nSPS) is 13.5. The van der Waals surface area contributed by atoms with Crippen LogP contribution in [0.15, 0.2) is 53.4 Å². The second-order valence-corrected chi connectivity index (χ2v) is 7.94. The third-order valence-electron chi connectivity index (χ3n) is 4.20. The van der Waals surface area contributed by atoms with E-state index in [9.17, 15) is 28.4 Å². The van der Waals surface area contributed by atoms with E-state index >= 15 is 0 Å². The van der Waals surface area contributed by atoms with Gasteiger partial charge in [-0.15, -0.1) is 0 Å². The van der Waals surface area contributed by atoms with Gasteiger partial charge in [-0.3, -0.25) is 19.7 Å². The van der Waals surface area contributed by atoms with Crippen LogP contribution in [0.2, 0.25) is 0 Å². The van der Waals surface area contributed by atoms with Gasteiger partial charge in [-0.1, -0.05) is 29.8 Å². The Balaban J connectivity index is 2.44. The first kappa shape index (κ1) is 22.4. The molecule has 1 amide bonds. The number of nitrogens with zero attached hydrogens (tertiary/aromatic N) is 2. The smallest absolute Gasteiger partial charge is 0.269 e. The molecule has 156 valence electrons. The Bertz CT molecular complexity index is 993. The van der Waals surface area contributed by atoms with Gasteiger partial charge in [0.25, 0.3) is 11.6 Å². The van der Waals surface area contributed by atoms with Crippen LogP contribution in [0.25, 0.3) is 0 Å². The number of aryl methyl sites for hydroxylation is 1. The van der Waals surface area contributed by atoms with Crippen molar-refractivity contribution in [3.05, 3.63) is 69.8 Å². The summed E-state index contributed by atoms with van der Waals surface area (Å²) in [6.07, 6.45) is -1.71. The lowest BCUT2D eigenvalue weighted by atomic mass is 10.0. The summed E-state index contributed by atoms with van der Waals surface area (Å²) in [4.78, 5) is 27.7. The van der Waals surface area contributed by atoms with Crippen molar-refractivity contribution >= 4 is 21.6 Å². The minimum Gasteiger partial charge on any atom is -0.386 e. The molecule has 2 rings (SSSR count). The predicted octanol–water partition coefficient (Wildman–Crippen LogP) is 1.30. The number of likely N-dealkylation sites (N-methyl/N-ethyl adjacent to an activating group) is 1. The van der Waals surface area contributed by atoms with Crippen LogP contribution in [0.4, 0.5) is 5.69 Å². The van der Waals surface area contributed by atoms with Crippen molar-refractivity contribution in [3.63, 3.8) is 0 Å². The summed E-state index contributed by atoms with van der Waals surface area (Å²) in [5.41, 5.74) is 0.523. The van der Waals surface area contributed by atoms with Crippen LogP contribution in [0.1, 0.15) is 17.2 Å². The van der Waals surface area contributed by atoms with Gasteiger partial charge < -0.3 is 5.11 Å². The predicted molar refractivity (Wildman–Crippen MR) is 103 cm³/mol. The highest BCUT2D eigenvalue weighted by Crippen LogP contribution is 2.24. The van der Waals surface area contributed by atoms with E-state index in [2.05, 4.69) is 4.72 Å². The third-order valence-corrected chi connectivity index (χ3v) is 5.66. The molecule has 2 atom stereocenters. The molecule has 0 unspecified atom stereocenters. The SMILES string of the molecule is CON(C)C(=O)[C@@H](NS(=O)(=O)c1ccc(C)cc1)[C@H](O)c1cccc([N+](=O)[O-])c1. The number of hydrogen-bond acceptors (Lipinski definition) is 7. The number of nitro groups is 1. The number of aliphatic hydroxyl groups excluding tert-OH is 1. The molecule has 0 aliphatic heterocycles. The van der Waals surface area contributed by atoms with E-state index in [1.165, 1.54) is 44.5 Å². The largest absolute Gasteiger partial charge is 0.386 e. The first-order chi connectivity index (χ1) is 13.6. The van der Waals surface area contributed by atoms with Crippen molar-refractivity contribution in [2.24, 2.45) is 0 Å². The fourth-order valence-electron chi connectivity index (χ4n) is 2.50. The first-order valence-electron chi connectivity index (χ1n) is 8.40. The molecule has 0 bridgehead atoms. The zero-order valence-corrected chi connectivity index (χ0v) is 16.8. The first-order valence-corrected chi connectivity index (χ1v) is 9.88. The Morgan fingerprint density at radius 2 is 1.86 bits per heavy atom. The highest BCUT2D eigenvalue weighted by atomic mass is 32.2.